The van der Waals surface area contributed by atoms with Crippen molar-refractivity contribution in [3.05, 3.63) is 0 Å². The van der Waals surface area contributed by atoms with Crippen LogP contribution in [0.25, 0.3) is 0 Å². The number of carboxylic acids is 1. The van der Waals surface area contributed by atoms with Crippen LogP contribution in [0.5, 0.6) is 0 Å². The minimum absolute atomic E-state index is 0.0887. The van der Waals surface area contributed by atoms with Crippen LogP contribution in [-0.2, 0) is 14.3 Å². The molecule has 2 aliphatic rings. The first-order chi connectivity index (χ1) is 8.18. The van der Waals surface area contributed by atoms with Crippen LogP contribution in [-0.4, -0.2) is 48.2 Å². The highest BCUT2D eigenvalue weighted by Gasteiger charge is 2.35. The van der Waals surface area contributed by atoms with Crippen molar-refractivity contribution in [1.82, 2.24) is 4.90 Å². The summed E-state index contributed by atoms with van der Waals surface area (Å²) >= 11 is 0. The molecule has 2 atom stereocenters. The number of nitrogens with zero attached hydrogens (tertiary/aromatic N) is 1. The molecule has 2 unspecified atom stereocenters. The predicted octanol–water partition coefficient (Wildman–Crippen LogP) is 0.736. The lowest BCUT2D eigenvalue weighted by atomic mass is 10.0. The predicted molar refractivity (Wildman–Crippen MR) is 60.5 cm³/mol. The van der Waals surface area contributed by atoms with E-state index in [1.54, 1.807) is 0 Å². The molecule has 1 N–H and O–H groups in total. The quantitative estimate of drug-likeness (QED) is 0.774. The summed E-state index contributed by atoms with van der Waals surface area (Å²) < 4.78 is 5.31. The van der Waals surface area contributed by atoms with Crippen LogP contribution >= 0.6 is 0 Å². The summed E-state index contributed by atoms with van der Waals surface area (Å²) in [7, 11) is 0. The summed E-state index contributed by atoms with van der Waals surface area (Å²) in [5.41, 5.74) is 0. The lowest BCUT2D eigenvalue weighted by Crippen LogP contribution is -2.37. The maximum absolute atomic E-state index is 12.2. The first-order valence-electron chi connectivity index (χ1n) is 6.28. The second-order valence-corrected chi connectivity index (χ2v) is 4.84. The van der Waals surface area contributed by atoms with E-state index in [0.717, 1.165) is 13.0 Å². The van der Waals surface area contributed by atoms with E-state index in [1.807, 2.05) is 4.90 Å². The molecule has 0 spiro atoms. The van der Waals surface area contributed by atoms with Gasteiger partial charge in [-0.25, -0.2) is 0 Å². The Balaban J connectivity index is 1.89. The zero-order valence-corrected chi connectivity index (χ0v) is 9.93. The van der Waals surface area contributed by atoms with E-state index in [1.165, 1.54) is 0 Å². The van der Waals surface area contributed by atoms with E-state index in [2.05, 4.69) is 0 Å². The molecule has 0 aromatic rings. The molecular formula is C12H19NO4. The van der Waals surface area contributed by atoms with Crippen molar-refractivity contribution >= 4 is 11.9 Å². The number of hydrogen-bond acceptors (Lipinski definition) is 3. The topological polar surface area (TPSA) is 66.8 Å². The monoisotopic (exact) mass is 241 g/mol. The smallest absolute Gasteiger partial charge is 0.306 e. The number of ether oxygens (including phenoxy) is 1. The maximum atomic E-state index is 12.2. The highest BCUT2D eigenvalue weighted by Crippen LogP contribution is 2.32. The van der Waals surface area contributed by atoms with Gasteiger partial charge in [0, 0.05) is 25.6 Å². The van der Waals surface area contributed by atoms with Crippen LogP contribution in [0.2, 0.25) is 0 Å². The minimum Gasteiger partial charge on any atom is -0.481 e. The number of rotatable bonds is 2. The summed E-state index contributed by atoms with van der Waals surface area (Å²) in [5.74, 6) is -1.06. The van der Waals surface area contributed by atoms with Gasteiger partial charge < -0.3 is 14.7 Å². The third-order valence-corrected chi connectivity index (χ3v) is 3.67. The summed E-state index contributed by atoms with van der Waals surface area (Å²) in [6.07, 6.45) is 2.73. The average Bonchev–Trinajstić information content (AvgIpc) is 2.65. The number of hydrogen-bond donors (Lipinski definition) is 1. The average molecular weight is 241 g/mol. The molecule has 0 aromatic carbocycles. The van der Waals surface area contributed by atoms with Crippen molar-refractivity contribution in [2.24, 2.45) is 11.8 Å². The van der Waals surface area contributed by atoms with Crippen molar-refractivity contribution in [2.75, 3.05) is 26.3 Å². The SMILES string of the molecule is O=C(O)C1CCC(C(=O)N2CCCOCC2)C1. The molecule has 0 aromatic heterocycles. The van der Waals surface area contributed by atoms with Gasteiger partial charge >= 0.3 is 5.97 Å². The molecular weight excluding hydrogens is 222 g/mol. The molecule has 1 saturated heterocycles. The molecule has 5 nitrogen and oxygen atoms in total. The Morgan fingerprint density at radius 1 is 1.12 bits per heavy atom. The fourth-order valence-corrected chi connectivity index (χ4v) is 2.65. The Hall–Kier alpha value is -1.10. The van der Waals surface area contributed by atoms with Gasteiger partial charge in [-0.3, -0.25) is 9.59 Å². The van der Waals surface area contributed by atoms with Crippen molar-refractivity contribution in [1.29, 1.82) is 0 Å². The summed E-state index contributed by atoms with van der Waals surface area (Å²) in [6, 6.07) is 0. The van der Waals surface area contributed by atoms with Gasteiger partial charge in [0.1, 0.15) is 0 Å². The Morgan fingerprint density at radius 2 is 1.88 bits per heavy atom. The Labute approximate surface area is 101 Å². The number of carboxylic acid groups (broad SMARTS) is 1. The van der Waals surface area contributed by atoms with Crippen molar-refractivity contribution < 1.29 is 19.4 Å². The first kappa shape index (κ1) is 12.4. The highest BCUT2D eigenvalue weighted by molar-refractivity contribution is 5.81. The molecule has 2 rings (SSSR count). The molecule has 1 heterocycles. The second-order valence-electron chi connectivity index (χ2n) is 4.84. The molecule has 1 aliphatic carbocycles. The van der Waals surface area contributed by atoms with Crippen molar-refractivity contribution in [3.63, 3.8) is 0 Å². The van der Waals surface area contributed by atoms with Crippen LogP contribution in [0.3, 0.4) is 0 Å². The largest absolute Gasteiger partial charge is 0.481 e. The zero-order valence-electron chi connectivity index (χ0n) is 9.93. The molecule has 1 amide bonds. The van der Waals surface area contributed by atoms with E-state index in [0.29, 0.717) is 39.0 Å². The minimum atomic E-state index is -0.764. The Bertz CT molecular complexity index is 297. The highest BCUT2D eigenvalue weighted by atomic mass is 16.5. The van der Waals surface area contributed by atoms with Gasteiger partial charge in [0.2, 0.25) is 5.91 Å². The molecule has 1 aliphatic heterocycles. The standard InChI is InChI=1S/C12H19NO4/c14-11(13-4-1-6-17-7-5-13)9-2-3-10(8-9)12(15)16/h9-10H,1-8H2,(H,15,16). The maximum Gasteiger partial charge on any atom is 0.306 e. The summed E-state index contributed by atoms with van der Waals surface area (Å²) in [4.78, 5) is 24.9. The summed E-state index contributed by atoms with van der Waals surface area (Å²) in [6.45, 7) is 2.70. The van der Waals surface area contributed by atoms with Gasteiger partial charge in [0.05, 0.1) is 12.5 Å². The number of carbonyl (C=O) groups excluding carboxylic acids is 1. The third-order valence-electron chi connectivity index (χ3n) is 3.67. The van der Waals surface area contributed by atoms with Gasteiger partial charge in [-0.1, -0.05) is 0 Å². The number of carbonyl (C=O) groups is 2. The Kier molecular flexibility index (Phi) is 3.99. The van der Waals surface area contributed by atoms with E-state index in [9.17, 15) is 9.59 Å². The van der Waals surface area contributed by atoms with Crippen molar-refractivity contribution in [2.45, 2.75) is 25.7 Å². The van der Waals surface area contributed by atoms with E-state index < -0.39 is 5.97 Å². The fraction of sp³-hybridized carbons (Fsp3) is 0.833. The normalized spacial score (nSPS) is 30.0. The van der Waals surface area contributed by atoms with E-state index >= 15 is 0 Å². The van der Waals surface area contributed by atoms with Crippen molar-refractivity contribution in [3.8, 4) is 0 Å². The van der Waals surface area contributed by atoms with Gasteiger partial charge in [-0.2, -0.15) is 0 Å². The van der Waals surface area contributed by atoms with Crippen LogP contribution in [0, 0.1) is 11.8 Å². The van der Waals surface area contributed by atoms with Gasteiger partial charge in [0.25, 0.3) is 0 Å². The lowest BCUT2D eigenvalue weighted by Gasteiger charge is -2.23. The summed E-state index contributed by atoms with van der Waals surface area (Å²) in [5, 5.41) is 8.92. The molecule has 0 radical (unpaired) electrons. The second kappa shape index (κ2) is 5.49. The molecule has 96 valence electrons. The van der Waals surface area contributed by atoms with Gasteiger partial charge in [0.15, 0.2) is 0 Å². The molecule has 2 fully saturated rings. The van der Waals surface area contributed by atoms with E-state index in [-0.39, 0.29) is 17.7 Å². The first-order valence-corrected chi connectivity index (χ1v) is 6.28. The Morgan fingerprint density at radius 3 is 2.59 bits per heavy atom. The van der Waals surface area contributed by atoms with E-state index in [4.69, 9.17) is 9.84 Å². The number of aliphatic carboxylic acids is 1. The third kappa shape index (κ3) is 2.97. The lowest BCUT2D eigenvalue weighted by molar-refractivity contribution is -0.141. The molecule has 0 bridgehead atoms. The molecule has 17 heavy (non-hydrogen) atoms. The molecule has 5 heteroatoms. The zero-order chi connectivity index (χ0) is 12.3. The molecule has 1 saturated carbocycles. The van der Waals surface area contributed by atoms with Crippen LogP contribution < -0.4 is 0 Å². The fourth-order valence-electron chi connectivity index (χ4n) is 2.65. The van der Waals surface area contributed by atoms with Gasteiger partial charge in [-0.05, 0) is 25.7 Å². The number of amides is 1. The van der Waals surface area contributed by atoms with Gasteiger partial charge in [-0.15, -0.1) is 0 Å². The van der Waals surface area contributed by atoms with Crippen LogP contribution in [0.15, 0.2) is 0 Å². The van der Waals surface area contributed by atoms with Crippen LogP contribution in [0.1, 0.15) is 25.7 Å². The van der Waals surface area contributed by atoms with Crippen LogP contribution in [0.4, 0.5) is 0 Å².